The van der Waals surface area contributed by atoms with Gasteiger partial charge < -0.3 is 9.47 Å². The molecule has 132 valence electrons. The number of ether oxygens (including phenoxy) is 2. The number of aryl methyl sites for hydroxylation is 1. The summed E-state index contributed by atoms with van der Waals surface area (Å²) in [6.45, 7) is 1.64. The number of methoxy groups -OCH3 is 1. The van der Waals surface area contributed by atoms with E-state index in [1.54, 1.807) is 50.4 Å². The first-order valence-corrected chi connectivity index (χ1v) is 8.30. The SMILES string of the molecule is COc1ccc(/C=C2\N=C(c3ccc(C)c([N+](=O)[O-])c3)OC2=O)cc1Br. The Kier molecular flexibility index (Phi) is 4.85. The van der Waals surface area contributed by atoms with Crippen LogP contribution in [0.1, 0.15) is 16.7 Å². The van der Waals surface area contributed by atoms with E-state index < -0.39 is 10.9 Å². The Morgan fingerprint density at radius 1 is 1.27 bits per heavy atom. The Hall–Kier alpha value is -3.00. The molecule has 0 saturated heterocycles. The van der Waals surface area contributed by atoms with Gasteiger partial charge in [-0.25, -0.2) is 9.79 Å². The van der Waals surface area contributed by atoms with Crippen LogP contribution in [0.25, 0.3) is 6.08 Å². The molecule has 0 aromatic heterocycles. The van der Waals surface area contributed by atoms with E-state index in [1.165, 1.54) is 6.07 Å². The van der Waals surface area contributed by atoms with E-state index in [-0.39, 0.29) is 17.3 Å². The molecular formula is C18H13BrN2O5. The molecule has 0 aliphatic carbocycles. The van der Waals surface area contributed by atoms with Gasteiger partial charge in [-0.05, 0) is 52.7 Å². The van der Waals surface area contributed by atoms with E-state index in [0.29, 0.717) is 16.9 Å². The van der Waals surface area contributed by atoms with Crippen molar-refractivity contribution >= 4 is 39.6 Å². The summed E-state index contributed by atoms with van der Waals surface area (Å²) in [7, 11) is 1.56. The van der Waals surface area contributed by atoms with Crippen LogP contribution in [0.3, 0.4) is 0 Å². The molecule has 1 heterocycles. The normalized spacial score (nSPS) is 15.0. The molecule has 0 radical (unpaired) electrons. The molecule has 0 N–H and O–H groups in total. The largest absolute Gasteiger partial charge is 0.496 e. The minimum Gasteiger partial charge on any atom is -0.496 e. The Labute approximate surface area is 157 Å². The first-order chi connectivity index (χ1) is 12.4. The monoisotopic (exact) mass is 416 g/mol. The molecule has 0 unspecified atom stereocenters. The first kappa shape index (κ1) is 17.8. The number of nitro groups is 1. The predicted molar refractivity (Wildman–Crippen MR) is 99.1 cm³/mol. The molecule has 0 fully saturated rings. The van der Waals surface area contributed by atoms with Gasteiger partial charge in [0.15, 0.2) is 5.70 Å². The van der Waals surface area contributed by atoms with Crippen molar-refractivity contribution in [2.24, 2.45) is 4.99 Å². The van der Waals surface area contributed by atoms with Crippen LogP contribution >= 0.6 is 15.9 Å². The lowest BCUT2D eigenvalue weighted by molar-refractivity contribution is -0.385. The van der Waals surface area contributed by atoms with Crippen LogP contribution in [0.5, 0.6) is 5.75 Å². The molecule has 2 aromatic rings. The van der Waals surface area contributed by atoms with Gasteiger partial charge in [-0.3, -0.25) is 10.1 Å². The summed E-state index contributed by atoms with van der Waals surface area (Å²) in [6.07, 6.45) is 1.57. The lowest BCUT2D eigenvalue weighted by atomic mass is 10.1. The number of aliphatic imine (C=N–C) groups is 1. The third-order valence-corrected chi connectivity index (χ3v) is 4.37. The summed E-state index contributed by atoms with van der Waals surface area (Å²) in [4.78, 5) is 26.8. The van der Waals surface area contributed by atoms with E-state index in [9.17, 15) is 14.9 Å². The van der Waals surface area contributed by atoms with E-state index in [1.807, 2.05) is 0 Å². The molecule has 8 heteroatoms. The zero-order chi connectivity index (χ0) is 18.8. The maximum absolute atomic E-state index is 12.1. The molecule has 3 rings (SSSR count). The number of nitrogens with zero attached hydrogens (tertiary/aromatic N) is 2. The number of nitro benzene ring substituents is 1. The van der Waals surface area contributed by atoms with Crippen molar-refractivity contribution in [1.29, 1.82) is 0 Å². The number of carbonyl (C=O) groups is 1. The fourth-order valence-corrected chi connectivity index (χ4v) is 2.96. The fraction of sp³-hybridized carbons (Fsp3) is 0.111. The summed E-state index contributed by atoms with van der Waals surface area (Å²) in [5.41, 5.74) is 1.67. The Balaban J connectivity index is 1.95. The highest BCUT2D eigenvalue weighted by atomic mass is 79.9. The van der Waals surface area contributed by atoms with Crippen LogP contribution in [-0.4, -0.2) is 23.9 Å². The highest BCUT2D eigenvalue weighted by Gasteiger charge is 2.25. The third-order valence-electron chi connectivity index (χ3n) is 3.75. The minimum atomic E-state index is -0.616. The van der Waals surface area contributed by atoms with Crippen LogP contribution in [-0.2, 0) is 9.53 Å². The van der Waals surface area contributed by atoms with Crippen LogP contribution in [0.2, 0.25) is 0 Å². The third kappa shape index (κ3) is 3.50. The molecule has 0 spiro atoms. The molecule has 26 heavy (non-hydrogen) atoms. The number of halogens is 1. The second-order valence-corrected chi connectivity index (χ2v) is 6.34. The Morgan fingerprint density at radius 2 is 2.04 bits per heavy atom. The fourth-order valence-electron chi connectivity index (χ4n) is 2.40. The number of hydrogen-bond donors (Lipinski definition) is 0. The number of rotatable bonds is 4. The zero-order valence-corrected chi connectivity index (χ0v) is 15.4. The molecule has 0 amide bonds. The Morgan fingerprint density at radius 3 is 2.69 bits per heavy atom. The van der Waals surface area contributed by atoms with Crippen molar-refractivity contribution in [3.05, 3.63) is 73.4 Å². The maximum atomic E-state index is 12.1. The highest BCUT2D eigenvalue weighted by Crippen LogP contribution is 2.28. The molecule has 1 aliphatic rings. The lowest BCUT2D eigenvalue weighted by Gasteiger charge is -2.03. The zero-order valence-electron chi connectivity index (χ0n) is 13.9. The second-order valence-electron chi connectivity index (χ2n) is 5.49. The van der Waals surface area contributed by atoms with Gasteiger partial charge in [0, 0.05) is 17.2 Å². The van der Waals surface area contributed by atoms with Crippen molar-refractivity contribution in [2.75, 3.05) is 7.11 Å². The van der Waals surface area contributed by atoms with Gasteiger partial charge >= 0.3 is 5.97 Å². The van der Waals surface area contributed by atoms with Gasteiger partial charge in [0.25, 0.3) is 5.69 Å². The summed E-state index contributed by atoms with van der Waals surface area (Å²) < 4.78 is 11.1. The van der Waals surface area contributed by atoms with Gasteiger partial charge in [0.05, 0.1) is 16.5 Å². The molecular weight excluding hydrogens is 404 g/mol. The average Bonchev–Trinajstić information content (AvgIpc) is 2.96. The summed E-state index contributed by atoms with van der Waals surface area (Å²) in [6, 6.07) is 9.87. The van der Waals surface area contributed by atoms with Crippen molar-refractivity contribution in [1.82, 2.24) is 0 Å². The van der Waals surface area contributed by atoms with E-state index in [4.69, 9.17) is 9.47 Å². The van der Waals surface area contributed by atoms with Crippen molar-refractivity contribution in [3.8, 4) is 5.75 Å². The van der Waals surface area contributed by atoms with Crippen LogP contribution in [0, 0.1) is 17.0 Å². The van der Waals surface area contributed by atoms with Crippen molar-refractivity contribution in [2.45, 2.75) is 6.92 Å². The number of benzene rings is 2. The standard InChI is InChI=1S/C18H13BrN2O5/c1-10-3-5-12(9-15(10)21(23)24)17-20-14(18(22)26-17)8-11-4-6-16(25-2)13(19)7-11/h3-9H,1-2H3/b14-8-. The number of esters is 1. The van der Waals surface area contributed by atoms with Gasteiger partial charge in [0.1, 0.15) is 5.75 Å². The van der Waals surface area contributed by atoms with Crippen LogP contribution in [0.15, 0.2) is 51.6 Å². The summed E-state index contributed by atoms with van der Waals surface area (Å²) in [5, 5.41) is 11.1. The highest BCUT2D eigenvalue weighted by molar-refractivity contribution is 9.10. The number of cyclic esters (lactones) is 1. The van der Waals surface area contributed by atoms with Crippen molar-refractivity contribution in [3.63, 3.8) is 0 Å². The van der Waals surface area contributed by atoms with Gasteiger partial charge in [-0.2, -0.15) is 0 Å². The second kappa shape index (κ2) is 7.09. The average molecular weight is 417 g/mol. The molecule has 0 saturated carbocycles. The smallest absolute Gasteiger partial charge is 0.363 e. The molecule has 2 aromatic carbocycles. The summed E-state index contributed by atoms with van der Waals surface area (Å²) >= 11 is 3.38. The quantitative estimate of drug-likeness (QED) is 0.324. The number of hydrogen-bond acceptors (Lipinski definition) is 6. The van der Waals surface area contributed by atoms with Crippen molar-refractivity contribution < 1.29 is 19.2 Å². The van der Waals surface area contributed by atoms with Gasteiger partial charge in [-0.1, -0.05) is 12.1 Å². The summed E-state index contributed by atoms with van der Waals surface area (Å²) in [5.74, 6) is 0.0874. The van der Waals surface area contributed by atoms with Gasteiger partial charge in [-0.15, -0.1) is 0 Å². The van der Waals surface area contributed by atoms with Crippen LogP contribution in [0.4, 0.5) is 5.69 Å². The van der Waals surface area contributed by atoms with E-state index >= 15 is 0 Å². The van der Waals surface area contributed by atoms with Gasteiger partial charge in [0.2, 0.25) is 5.90 Å². The lowest BCUT2D eigenvalue weighted by Crippen LogP contribution is -2.06. The molecule has 1 aliphatic heterocycles. The Bertz CT molecular complexity index is 982. The van der Waals surface area contributed by atoms with Crippen LogP contribution < -0.4 is 4.74 Å². The molecule has 7 nitrogen and oxygen atoms in total. The number of carbonyl (C=O) groups excluding carboxylic acids is 1. The van der Waals surface area contributed by atoms with E-state index in [2.05, 4.69) is 20.9 Å². The molecule has 0 bridgehead atoms. The maximum Gasteiger partial charge on any atom is 0.363 e. The topological polar surface area (TPSA) is 91.0 Å². The van der Waals surface area contributed by atoms with E-state index in [0.717, 1.165) is 10.0 Å². The first-order valence-electron chi connectivity index (χ1n) is 7.50. The predicted octanol–water partition coefficient (Wildman–Crippen LogP) is 4.02. The minimum absolute atomic E-state index is 0.0388. The molecule has 0 atom stereocenters.